The van der Waals surface area contributed by atoms with Crippen LogP contribution in [0.2, 0.25) is 5.02 Å². The summed E-state index contributed by atoms with van der Waals surface area (Å²) in [6.45, 7) is 1.66. The lowest BCUT2D eigenvalue weighted by molar-refractivity contribution is 0.600. The van der Waals surface area contributed by atoms with E-state index in [1.54, 1.807) is 19.1 Å². The summed E-state index contributed by atoms with van der Waals surface area (Å²) in [4.78, 5) is 8.57. The van der Waals surface area contributed by atoms with Crippen molar-refractivity contribution in [3.8, 4) is 11.4 Å². The average Bonchev–Trinajstić information content (AvgIpc) is 2.58. The molecule has 0 spiro atoms. The van der Waals surface area contributed by atoms with Gasteiger partial charge in [-0.15, -0.1) is 0 Å². The summed E-state index contributed by atoms with van der Waals surface area (Å²) in [6.07, 6.45) is 1.51. The molecule has 0 aliphatic rings. The molecule has 0 saturated carbocycles. The molecule has 5 nitrogen and oxygen atoms in total. The summed E-state index contributed by atoms with van der Waals surface area (Å²) in [6, 6.07) is 15.6. The first kappa shape index (κ1) is 16.4. The molecule has 3 aromatic rings. The van der Waals surface area contributed by atoms with Crippen molar-refractivity contribution in [1.29, 1.82) is 0 Å². The fourth-order valence-corrected chi connectivity index (χ4v) is 3.71. The first-order valence-electron chi connectivity index (χ1n) is 7.14. The molecule has 2 aromatic carbocycles. The normalized spacial score (nSPS) is 11.2. The number of hydrogen-bond acceptors (Lipinski definition) is 4. The monoisotopic (exact) mass is 359 g/mol. The van der Waals surface area contributed by atoms with Gasteiger partial charge in [0.15, 0.2) is 5.82 Å². The molecule has 0 radical (unpaired) electrons. The Balaban J connectivity index is 1.95. The Hall–Kier alpha value is -2.44. The lowest BCUT2D eigenvalue weighted by Gasteiger charge is -2.11. The van der Waals surface area contributed by atoms with Crippen LogP contribution in [-0.4, -0.2) is 18.4 Å². The second-order valence-electron chi connectivity index (χ2n) is 5.10. The van der Waals surface area contributed by atoms with Crippen LogP contribution in [-0.2, 0) is 10.0 Å². The fraction of sp³-hybridized carbons (Fsp3) is 0.0588. The maximum absolute atomic E-state index is 12.6. The zero-order valence-corrected chi connectivity index (χ0v) is 14.3. The largest absolute Gasteiger partial charge is 0.263 e. The highest BCUT2D eigenvalue weighted by Gasteiger charge is 2.19. The van der Waals surface area contributed by atoms with Gasteiger partial charge in [-0.3, -0.25) is 4.72 Å². The number of sulfonamides is 1. The summed E-state index contributed by atoms with van der Waals surface area (Å²) in [5, 5.41) is 0.394. The first-order valence-corrected chi connectivity index (χ1v) is 9.00. The molecule has 1 N–H and O–H groups in total. The van der Waals surface area contributed by atoms with Gasteiger partial charge in [-0.1, -0.05) is 48.0 Å². The topological polar surface area (TPSA) is 72.0 Å². The van der Waals surface area contributed by atoms with E-state index in [1.165, 1.54) is 18.3 Å². The van der Waals surface area contributed by atoms with E-state index < -0.39 is 10.0 Å². The van der Waals surface area contributed by atoms with E-state index in [1.807, 2.05) is 30.3 Å². The predicted molar refractivity (Wildman–Crippen MR) is 94.5 cm³/mol. The van der Waals surface area contributed by atoms with Crippen molar-refractivity contribution >= 4 is 27.4 Å². The standard InChI is InChI=1S/C17H14ClN3O2S/c1-12-14(18)8-5-9-15(12)24(22,23)21-16-10-11-19-17(20-16)13-6-3-2-4-7-13/h2-11H,1H3,(H,19,20,21). The molecule has 0 fully saturated rings. The number of nitrogens with one attached hydrogen (secondary N) is 1. The summed E-state index contributed by atoms with van der Waals surface area (Å²) >= 11 is 6.01. The average molecular weight is 360 g/mol. The van der Waals surface area contributed by atoms with E-state index in [0.29, 0.717) is 16.4 Å². The van der Waals surface area contributed by atoms with Gasteiger partial charge in [0.2, 0.25) is 0 Å². The molecule has 0 unspecified atom stereocenters. The quantitative estimate of drug-likeness (QED) is 0.766. The van der Waals surface area contributed by atoms with Gasteiger partial charge in [0.1, 0.15) is 5.82 Å². The van der Waals surface area contributed by atoms with Gasteiger partial charge in [0.05, 0.1) is 4.90 Å². The SMILES string of the molecule is Cc1c(Cl)cccc1S(=O)(=O)Nc1ccnc(-c2ccccc2)n1. The molecule has 1 aromatic heterocycles. The lowest BCUT2D eigenvalue weighted by atomic mass is 10.2. The number of aromatic nitrogens is 2. The molecular weight excluding hydrogens is 346 g/mol. The van der Waals surface area contributed by atoms with Crippen LogP contribution in [0, 0.1) is 6.92 Å². The molecule has 0 bridgehead atoms. The minimum atomic E-state index is -3.79. The molecule has 0 saturated heterocycles. The third-order valence-electron chi connectivity index (χ3n) is 3.43. The van der Waals surface area contributed by atoms with Gasteiger partial charge < -0.3 is 0 Å². The van der Waals surface area contributed by atoms with Crippen molar-refractivity contribution in [2.75, 3.05) is 4.72 Å². The maximum atomic E-state index is 12.6. The Bertz CT molecular complexity index is 976. The number of rotatable bonds is 4. The molecule has 122 valence electrons. The molecule has 3 rings (SSSR count). The second-order valence-corrected chi connectivity index (χ2v) is 7.16. The van der Waals surface area contributed by atoms with Crippen molar-refractivity contribution in [3.05, 3.63) is 71.4 Å². The molecule has 7 heteroatoms. The summed E-state index contributed by atoms with van der Waals surface area (Å²) < 4.78 is 27.7. The van der Waals surface area contributed by atoms with Crippen LogP contribution >= 0.6 is 11.6 Å². The Morgan fingerprint density at radius 1 is 1.00 bits per heavy atom. The smallest absolute Gasteiger partial charge is 0.263 e. The Morgan fingerprint density at radius 3 is 2.50 bits per heavy atom. The molecule has 0 atom stereocenters. The van der Waals surface area contributed by atoms with Crippen LogP contribution in [0.5, 0.6) is 0 Å². The number of anilines is 1. The molecule has 1 heterocycles. The van der Waals surface area contributed by atoms with E-state index in [2.05, 4.69) is 14.7 Å². The van der Waals surface area contributed by atoms with Crippen molar-refractivity contribution in [2.45, 2.75) is 11.8 Å². The van der Waals surface area contributed by atoms with Crippen molar-refractivity contribution in [2.24, 2.45) is 0 Å². The van der Waals surface area contributed by atoms with E-state index in [0.717, 1.165) is 5.56 Å². The van der Waals surface area contributed by atoms with E-state index in [4.69, 9.17) is 11.6 Å². The number of halogens is 1. The van der Waals surface area contributed by atoms with Crippen LogP contribution in [0.4, 0.5) is 5.82 Å². The van der Waals surface area contributed by atoms with Gasteiger partial charge in [-0.05, 0) is 30.7 Å². The van der Waals surface area contributed by atoms with Crippen LogP contribution in [0.15, 0.2) is 65.7 Å². The highest BCUT2D eigenvalue weighted by atomic mass is 35.5. The van der Waals surface area contributed by atoms with Gasteiger partial charge in [-0.2, -0.15) is 0 Å². The van der Waals surface area contributed by atoms with Gasteiger partial charge in [0, 0.05) is 16.8 Å². The summed E-state index contributed by atoms with van der Waals surface area (Å²) in [5.74, 6) is 0.641. The van der Waals surface area contributed by atoms with Crippen LogP contribution < -0.4 is 4.72 Å². The van der Waals surface area contributed by atoms with Gasteiger partial charge in [0.25, 0.3) is 10.0 Å². The number of nitrogens with zero attached hydrogens (tertiary/aromatic N) is 2. The third kappa shape index (κ3) is 3.39. The lowest BCUT2D eigenvalue weighted by Crippen LogP contribution is -2.15. The highest BCUT2D eigenvalue weighted by molar-refractivity contribution is 7.92. The Morgan fingerprint density at radius 2 is 1.75 bits per heavy atom. The third-order valence-corrected chi connectivity index (χ3v) is 5.34. The highest BCUT2D eigenvalue weighted by Crippen LogP contribution is 2.24. The molecule has 0 aliphatic heterocycles. The summed E-state index contributed by atoms with van der Waals surface area (Å²) in [7, 11) is -3.79. The second kappa shape index (κ2) is 6.59. The fourth-order valence-electron chi connectivity index (χ4n) is 2.21. The Labute approximate surface area is 145 Å². The van der Waals surface area contributed by atoms with Crippen LogP contribution in [0.3, 0.4) is 0 Å². The molecule has 24 heavy (non-hydrogen) atoms. The molecule has 0 aliphatic carbocycles. The molecular formula is C17H14ClN3O2S. The van der Waals surface area contributed by atoms with E-state index in [9.17, 15) is 8.42 Å². The van der Waals surface area contributed by atoms with E-state index in [-0.39, 0.29) is 10.7 Å². The predicted octanol–water partition coefficient (Wildman–Crippen LogP) is 3.91. The minimum Gasteiger partial charge on any atom is -0.263 e. The van der Waals surface area contributed by atoms with Crippen molar-refractivity contribution in [1.82, 2.24) is 9.97 Å². The van der Waals surface area contributed by atoms with Gasteiger partial charge in [-0.25, -0.2) is 18.4 Å². The Kier molecular flexibility index (Phi) is 4.51. The maximum Gasteiger partial charge on any atom is 0.263 e. The summed E-state index contributed by atoms with van der Waals surface area (Å²) in [5.41, 5.74) is 1.29. The van der Waals surface area contributed by atoms with Crippen LogP contribution in [0.25, 0.3) is 11.4 Å². The van der Waals surface area contributed by atoms with E-state index >= 15 is 0 Å². The van der Waals surface area contributed by atoms with Crippen LogP contribution in [0.1, 0.15) is 5.56 Å². The number of benzene rings is 2. The first-order chi connectivity index (χ1) is 11.5. The zero-order chi connectivity index (χ0) is 17.2. The minimum absolute atomic E-state index is 0.120. The molecule has 0 amide bonds. The van der Waals surface area contributed by atoms with Crippen molar-refractivity contribution in [3.63, 3.8) is 0 Å². The van der Waals surface area contributed by atoms with Gasteiger partial charge >= 0.3 is 0 Å². The zero-order valence-electron chi connectivity index (χ0n) is 12.8. The van der Waals surface area contributed by atoms with Crippen molar-refractivity contribution < 1.29 is 8.42 Å². The number of hydrogen-bond donors (Lipinski definition) is 1.